The molecule has 136 valence electrons. The number of nitrogens with zero attached hydrogens (tertiary/aromatic N) is 3. The van der Waals surface area contributed by atoms with Crippen molar-refractivity contribution in [2.45, 2.75) is 24.7 Å². The highest BCUT2D eigenvalue weighted by Gasteiger charge is 2.27. The van der Waals surface area contributed by atoms with Crippen LogP contribution >= 0.6 is 15.9 Å². The molecule has 7 nitrogen and oxygen atoms in total. The van der Waals surface area contributed by atoms with Crippen LogP contribution in [0.15, 0.2) is 50.3 Å². The lowest BCUT2D eigenvalue weighted by Gasteiger charge is -2.16. The van der Waals surface area contributed by atoms with E-state index in [4.69, 9.17) is 5.73 Å². The van der Waals surface area contributed by atoms with Crippen molar-refractivity contribution in [3.05, 3.63) is 52.3 Å². The van der Waals surface area contributed by atoms with Crippen molar-refractivity contribution < 1.29 is 13.2 Å². The summed E-state index contributed by atoms with van der Waals surface area (Å²) in [7, 11) is -4.03. The Balaban J connectivity index is 1.96. The van der Waals surface area contributed by atoms with Gasteiger partial charge in [-0.15, -0.1) is 4.40 Å². The molecule has 0 fully saturated rings. The molecule has 0 spiro atoms. The van der Waals surface area contributed by atoms with Crippen LogP contribution in [0.3, 0.4) is 0 Å². The number of nitrogens with two attached hydrogens (primary N) is 1. The fourth-order valence-corrected chi connectivity index (χ4v) is 4.88. The molecule has 1 aromatic heterocycles. The Labute approximate surface area is 160 Å². The van der Waals surface area contributed by atoms with Gasteiger partial charge in [0.25, 0.3) is 10.0 Å². The van der Waals surface area contributed by atoms with Crippen molar-refractivity contribution in [2.75, 3.05) is 11.4 Å². The van der Waals surface area contributed by atoms with Crippen LogP contribution in [0, 0.1) is 0 Å². The molecule has 26 heavy (non-hydrogen) atoms. The smallest absolute Gasteiger partial charge is 0.285 e. The fraction of sp³-hybridized carbons (Fsp3) is 0.235. The largest absolute Gasteiger partial charge is 0.386 e. The molecule has 3 rings (SSSR count). The van der Waals surface area contributed by atoms with Gasteiger partial charge in [0, 0.05) is 41.9 Å². The zero-order valence-electron chi connectivity index (χ0n) is 14.0. The summed E-state index contributed by atoms with van der Waals surface area (Å²) in [5.41, 5.74) is 7.95. The van der Waals surface area contributed by atoms with Crippen LogP contribution in [0.1, 0.15) is 18.2 Å². The van der Waals surface area contributed by atoms with E-state index in [9.17, 15) is 13.2 Å². The van der Waals surface area contributed by atoms with Gasteiger partial charge in [0.2, 0.25) is 5.91 Å². The van der Waals surface area contributed by atoms with Gasteiger partial charge in [-0.25, -0.2) is 0 Å². The monoisotopic (exact) mass is 436 g/mol. The number of amides is 1. The first-order valence-corrected chi connectivity index (χ1v) is 10.1. The summed E-state index contributed by atoms with van der Waals surface area (Å²) < 4.78 is 29.5. The third-order valence-corrected chi connectivity index (χ3v) is 6.30. The van der Waals surface area contributed by atoms with Gasteiger partial charge in [0.05, 0.1) is 0 Å². The molecule has 0 unspecified atom stereocenters. The van der Waals surface area contributed by atoms with Gasteiger partial charge in [-0.2, -0.15) is 8.42 Å². The van der Waals surface area contributed by atoms with Crippen molar-refractivity contribution in [1.82, 2.24) is 4.98 Å². The molecule has 0 saturated carbocycles. The minimum atomic E-state index is -4.03. The maximum atomic E-state index is 12.7. The Morgan fingerprint density at radius 1 is 1.38 bits per heavy atom. The fourth-order valence-electron chi connectivity index (χ4n) is 2.84. The third-order valence-electron chi connectivity index (χ3n) is 4.01. The van der Waals surface area contributed by atoms with Crippen LogP contribution in [0.5, 0.6) is 0 Å². The topological polar surface area (TPSA) is 106 Å². The van der Waals surface area contributed by atoms with Gasteiger partial charge < -0.3 is 10.6 Å². The molecule has 0 radical (unpaired) electrons. The minimum absolute atomic E-state index is 0.0200. The summed E-state index contributed by atoms with van der Waals surface area (Å²) in [6.07, 6.45) is 2.41. The highest BCUT2D eigenvalue weighted by molar-refractivity contribution is 9.10. The maximum absolute atomic E-state index is 12.7. The summed E-state index contributed by atoms with van der Waals surface area (Å²) >= 11 is 3.29. The molecule has 9 heteroatoms. The first kappa shape index (κ1) is 18.5. The van der Waals surface area contributed by atoms with Crippen molar-refractivity contribution in [2.24, 2.45) is 10.1 Å². The molecule has 1 aromatic carbocycles. The average Bonchev–Trinajstić information content (AvgIpc) is 2.97. The quantitative estimate of drug-likeness (QED) is 0.582. The highest BCUT2D eigenvalue weighted by atomic mass is 79.9. The molecule has 0 aliphatic carbocycles. The van der Waals surface area contributed by atoms with E-state index in [1.54, 1.807) is 35.4 Å². The molecule has 2 heterocycles. The third kappa shape index (κ3) is 3.78. The standard InChI is InChI=1S/C17H17BrN4O3S/c1-11(23)22-7-5-12-8-14(18)16(10-15(12)22)26(24,25)21-17(19)9-13-4-2-3-6-20-13/h2-4,6,8,10H,5,7,9H2,1H3,(H2,19,21). The number of hydrogen-bond donors (Lipinski definition) is 1. The molecule has 2 N–H and O–H groups in total. The van der Waals surface area contributed by atoms with Gasteiger partial charge in [-0.05, 0) is 52.2 Å². The molecular formula is C17H17BrN4O3S. The van der Waals surface area contributed by atoms with E-state index in [1.807, 2.05) is 0 Å². The van der Waals surface area contributed by atoms with Gasteiger partial charge in [0.1, 0.15) is 10.7 Å². The summed E-state index contributed by atoms with van der Waals surface area (Å²) in [5.74, 6) is -0.188. The zero-order valence-corrected chi connectivity index (χ0v) is 16.4. The van der Waals surface area contributed by atoms with Gasteiger partial charge in [0.15, 0.2) is 0 Å². The number of fused-ring (bicyclic) bond motifs is 1. The van der Waals surface area contributed by atoms with E-state index in [0.717, 1.165) is 5.56 Å². The van der Waals surface area contributed by atoms with Crippen molar-refractivity contribution >= 4 is 43.4 Å². The van der Waals surface area contributed by atoms with Crippen LogP contribution in [-0.4, -0.2) is 31.7 Å². The Kier molecular flexibility index (Phi) is 5.10. The number of sulfonamides is 1. The van der Waals surface area contributed by atoms with Crippen molar-refractivity contribution in [3.8, 4) is 0 Å². The number of pyridine rings is 1. The normalized spacial score (nSPS) is 14.4. The number of halogens is 1. The average molecular weight is 437 g/mol. The zero-order chi connectivity index (χ0) is 18.9. The number of carbonyl (C=O) groups is 1. The molecule has 0 saturated heterocycles. The molecule has 1 aliphatic rings. The summed E-state index contributed by atoms with van der Waals surface area (Å²) in [6, 6.07) is 8.48. The van der Waals surface area contributed by atoms with Gasteiger partial charge in [-0.1, -0.05) is 6.07 Å². The lowest BCUT2D eigenvalue weighted by Crippen LogP contribution is -2.26. The summed E-state index contributed by atoms with van der Waals surface area (Å²) in [6.45, 7) is 1.99. The van der Waals surface area contributed by atoms with E-state index < -0.39 is 10.0 Å². The second-order valence-electron chi connectivity index (χ2n) is 5.89. The highest BCUT2D eigenvalue weighted by Crippen LogP contribution is 2.36. The Bertz CT molecular complexity index is 991. The molecule has 2 aromatic rings. The van der Waals surface area contributed by atoms with Gasteiger partial charge in [-0.3, -0.25) is 9.78 Å². The second kappa shape index (κ2) is 7.16. The van der Waals surface area contributed by atoms with Crippen LogP contribution < -0.4 is 10.6 Å². The van der Waals surface area contributed by atoms with E-state index in [1.165, 1.54) is 13.0 Å². The number of aromatic nitrogens is 1. The predicted octanol–water partition coefficient (Wildman–Crippen LogP) is 2.04. The summed E-state index contributed by atoms with van der Waals surface area (Å²) in [5, 5.41) is 0. The van der Waals surface area contributed by atoms with E-state index >= 15 is 0 Å². The minimum Gasteiger partial charge on any atom is -0.386 e. The van der Waals surface area contributed by atoms with E-state index in [-0.39, 0.29) is 23.1 Å². The van der Waals surface area contributed by atoms with Crippen LogP contribution in [0.25, 0.3) is 0 Å². The number of anilines is 1. The number of hydrogen-bond acceptors (Lipinski definition) is 4. The van der Waals surface area contributed by atoms with Crippen LogP contribution in [0.2, 0.25) is 0 Å². The van der Waals surface area contributed by atoms with Crippen molar-refractivity contribution in [3.63, 3.8) is 0 Å². The molecule has 1 aliphatic heterocycles. The van der Waals surface area contributed by atoms with Crippen molar-refractivity contribution in [1.29, 1.82) is 0 Å². The molecule has 0 atom stereocenters. The van der Waals surface area contributed by atoms with Crippen LogP contribution in [0.4, 0.5) is 5.69 Å². The molecular weight excluding hydrogens is 420 g/mol. The molecule has 1 amide bonds. The Hall–Kier alpha value is -2.26. The van der Waals surface area contributed by atoms with E-state index in [2.05, 4.69) is 25.3 Å². The number of benzene rings is 1. The van der Waals surface area contributed by atoms with Crippen LogP contribution in [-0.2, 0) is 27.7 Å². The second-order valence-corrected chi connectivity index (χ2v) is 8.31. The number of rotatable bonds is 4. The first-order chi connectivity index (χ1) is 12.3. The predicted molar refractivity (Wildman–Crippen MR) is 103 cm³/mol. The number of amidine groups is 1. The maximum Gasteiger partial charge on any atom is 0.285 e. The lowest BCUT2D eigenvalue weighted by molar-refractivity contribution is -0.116. The number of carbonyl (C=O) groups excluding carboxylic acids is 1. The SMILES string of the molecule is CC(=O)N1CCc2cc(Br)c(S(=O)(=O)/N=C(\N)Cc3ccccn3)cc21. The Morgan fingerprint density at radius 3 is 2.81 bits per heavy atom. The molecule has 0 bridgehead atoms. The lowest BCUT2D eigenvalue weighted by atomic mass is 10.2. The first-order valence-electron chi connectivity index (χ1n) is 7.87. The van der Waals surface area contributed by atoms with E-state index in [0.29, 0.717) is 28.8 Å². The summed E-state index contributed by atoms with van der Waals surface area (Å²) in [4.78, 5) is 17.4. The Morgan fingerprint density at radius 2 is 2.15 bits per heavy atom. The van der Waals surface area contributed by atoms with Gasteiger partial charge >= 0.3 is 0 Å².